The summed E-state index contributed by atoms with van der Waals surface area (Å²) in [5, 5.41) is 7.59. The number of nitrogens with one attached hydrogen (secondary N) is 1. The van der Waals surface area contributed by atoms with E-state index < -0.39 is 0 Å². The molecule has 1 heterocycles. The van der Waals surface area contributed by atoms with Crippen LogP contribution in [-0.4, -0.2) is 22.7 Å². The van der Waals surface area contributed by atoms with Crippen LogP contribution in [0.2, 0.25) is 0 Å². The first-order chi connectivity index (χ1) is 10.2. The maximum absolute atomic E-state index is 5.41. The number of benzene rings is 1. The van der Waals surface area contributed by atoms with Crippen LogP contribution in [0, 0.1) is 0 Å². The molecular formula is C17H23N3O. The van der Waals surface area contributed by atoms with Gasteiger partial charge in [-0.05, 0) is 30.4 Å². The molecule has 1 aliphatic rings. The minimum Gasteiger partial charge on any atom is -0.339 e. The van der Waals surface area contributed by atoms with Gasteiger partial charge in [-0.2, -0.15) is 4.98 Å². The Bertz CT molecular complexity index is 591. The maximum atomic E-state index is 5.41. The molecule has 112 valence electrons. The normalized spacial score (nSPS) is 18.0. The molecule has 1 aromatic carbocycles. The van der Waals surface area contributed by atoms with Crippen LogP contribution < -0.4 is 5.32 Å². The molecule has 4 nitrogen and oxygen atoms in total. The van der Waals surface area contributed by atoms with Crippen molar-refractivity contribution in [2.24, 2.45) is 0 Å². The maximum Gasteiger partial charge on any atom is 0.227 e. The van der Waals surface area contributed by atoms with Gasteiger partial charge in [-0.1, -0.05) is 43.3 Å². The van der Waals surface area contributed by atoms with Crippen molar-refractivity contribution >= 4 is 0 Å². The quantitative estimate of drug-likeness (QED) is 0.917. The molecule has 0 fully saturated rings. The van der Waals surface area contributed by atoms with E-state index in [-0.39, 0.29) is 0 Å². The van der Waals surface area contributed by atoms with Crippen LogP contribution in [0.4, 0.5) is 0 Å². The lowest BCUT2D eigenvalue weighted by Crippen LogP contribution is -2.25. The van der Waals surface area contributed by atoms with Gasteiger partial charge in [0.1, 0.15) is 0 Å². The van der Waals surface area contributed by atoms with Crippen molar-refractivity contribution in [3.63, 3.8) is 0 Å². The second kappa shape index (κ2) is 6.39. The molecule has 0 saturated heterocycles. The molecule has 0 spiro atoms. The van der Waals surface area contributed by atoms with Gasteiger partial charge in [0.15, 0.2) is 5.82 Å². The molecular weight excluding hydrogens is 262 g/mol. The van der Waals surface area contributed by atoms with Gasteiger partial charge in [0, 0.05) is 24.9 Å². The van der Waals surface area contributed by atoms with Crippen molar-refractivity contribution in [3.05, 3.63) is 47.1 Å². The van der Waals surface area contributed by atoms with Crippen LogP contribution in [0.25, 0.3) is 0 Å². The second-order valence-electron chi connectivity index (χ2n) is 6.05. The van der Waals surface area contributed by atoms with Gasteiger partial charge in [0.2, 0.25) is 5.89 Å². The summed E-state index contributed by atoms with van der Waals surface area (Å²) in [6, 6.07) is 9.12. The Morgan fingerprint density at radius 3 is 3.05 bits per heavy atom. The summed E-state index contributed by atoms with van der Waals surface area (Å²) in [6.45, 7) is 5.15. The summed E-state index contributed by atoms with van der Waals surface area (Å²) in [5.74, 6) is 1.88. The van der Waals surface area contributed by atoms with E-state index in [0.29, 0.717) is 12.0 Å². The largest absolute Gasteiger partial charge is 0.339 e. The van der Waals surface area contributed by atoms with Crippen LogP contribution in [0.15, 0.2) is 28.8 Å². The molecule has 3 rings (SSSR count). The number of fused-ring (bicyclic) bond motifs is 1. The van der Waals surface area contributed by atoms with Crippen molar-refractivity contribution in [2.45, 2.75) is 51.5 Å². The highest BCUT2D eigenvalue weighted by atomic mass is 16.5. The predicted octanol–water partition coefficient (Wildman–Crippen LogP) is 3.08. The number of nitrogens with zero attached hydrogens (tertiary/aromatic N) is 2. The van der Waals surface area contributed by atoms with Crippen molar-refractivity contribution in [1.82, 2.24) is 15.5 Å². The summed E-state index contributed by atoms with van der Waals surface area (Å²) in [4.78, 5) is 4.61. The Balaban J connectivity index is 1.72. The lowest BCUT2D eigenvalue weighted by Gasteiger charge is -2.22. The molecule has 0 aliphatic heterocycles. The first-order valence-electron chi connectivity index (χ1n) is 7.87. The van der Waals surface area contributed by atoms with E-state index in [0.717, 1.165) is 37.5 Å². The van der Waals surface area contributed by atoms with Crippen LogP contribution in [0.3, 0.4) is 0 Å². The fourth-order valence-electron chi connectivity index (χ4n) is 3.00. The summed E-state index contributed by atoms with van der Waals surface area (Å²) >= 11 is 0. The van der Waals surface area contributed by atoms with Crippen LogP contribution in [0.1, 0.15) is 55.4 Å². The number of aryl methyl sites for hydroxylation is 1. The highest BCUT2D eigenvalue weighted by molar-refractivity contribution is 5.36. The molecule has 1 unspecified atom stereocenters. The van der Waals surface area contributed by atoms with Gasteiger partial charge >= 0.3 is 0 Å². The number of hydrogen-bond donors (Lipinski definition) is 1. The molecule has 21 heavy (non-hydrogen) atoms. The SMILES string of the molecule is CC(C)NCCc1nc(C2CCCc3ccccc32)no1. The Hall–Kier alpha value is -1.68. The number of aromatic nitrogens is 2. The topological polar surface area (TPSA) is 51.0 Å². The van der Waals surface area contributed by atoms with E-state index in [1.165, 1.54) is 17.5 Å². The minimum atomic E-state index is 0.297. The van der Waals surface area contributed by atoms with E-state index in [4.69, 9.17) is 4.52 Å². The van der Waals surface area contributed by atoms with Crippen LogP contribution in [-0.2, 0) is 12.8 Å². The third-order valence-corrected chi connectivity index (χ3v) is 4.06. The molecule has 1 aliphatic carbocycles. The Labute approximate surface area is 126 Å². The molecule has 0 saturated carbocycles. The van der Waals surface area contributed by atoms with Gasteiger partial charge in [-0.15, -0.1) is 0 Å². The molecule has 4 heteroatoms. The standard InChI is InChI=1S/C17H23N3O/c1-12(2)18-11-10-16-19-17(20-21-16)15-9-5-7-13-6-3-4-8-14(13)15/h3-4,6,8,12,15,18H,5,7,9-11H2,1-2H3. The van der Waals surface area contributed by atoms with Gasteiger partial charge < -0.3 is 9.84 Å². The van der Waals surface area contributed by atoms with Crippen molar-refractivity contribution in [2.75, 3.05) is 6.54 Å². The van der Waals surface area contributed by atoms with E-state index in [1.807, 2.05) is 0 Å². The average Bonchev–Trinajstić information content (AvgIpc) is 2.95. The van der Waals surface area contributed by atoms with Crippen molar-refractivity contribution in [3.8, 4) is 0 Å². The highest BCUT2D eigenvalue weighted by Crippen LogP contribution is 2.35. The first kappa shape index (κ1) is 14.3. The van der Waals surface area contributed by atoms with Crippen molar-refractivity contribution in [1.29, 1.82) is 0 Å². The third kappa shape index (κ3) is 3.32. The van der Waals surface area contributed by atoms with Gasteiger partial charge in [-0.25, -0.2) is 0 Å². The molecule has 1 N–H and O–H groups in total. The van der Waals surface area contributed by atoms with Gasteiger partial charge in [0.25, 0.3) is 0 Å². The highest BCUT2D eigenvalue weighted by Gasteiger charge is 2.25. The lowest BCUT2D eigenvalue weighted by atomic mass is 9.82. The molecule has 0 bridgehead atoms. The van der Waals surface area contributed by atoms with Crippen LogP contribution >= 0.6 is 0 Å². The Kier molecular flexibility index (Phi) is 4.34. The zero-order valence-corrected chi connectivity index (χ0v) is 12.8. The van der Waals surface area contributed by atoms with E-state index >= 15 is 0 Å². The summed E-state index contributed by atoms with van der Waals surface area (Å²) in [5.41, 5.74) is 2.80. The molecule has 1 aromatic heterocycles. The van der Waals surface area contributed by atoms with E-state index in [1.54, 1.807) is 0 Å². The van der Waals surface area contributed by atoms with E-state index in [2.05, 4.69) is 53.6 Å². The predicted molar refractivity (Wildman–Crippen MR) is 82.4 cm³/mol. The van der Waals surface area contributed by atoms with Crippen molar-refractivity contribution < 1.29 is 4.52 Å². The molecule has 2 aromatic rings. The first-order valence-corrected chi connectivity index (χ1v) is 7.87. The fourth-order valence-corrected chi connectivity index (χ4v) is 3.00. The smallest absolute Gasteiger partial charge is 0.227 e. The number of hydrogen-bond acceptors (Lipinski definition) is 4. The number of rotatable bonds is 5. The molecule has 0 amide bonds. The minimum absolute atomic E-state index is 0.297. The molecule has 0 radical (unpaired) electrons. The monoisotopic (exact) mass is 285 g/mol. The Morgan fingerprint density at radius 2 is 2.19 bits per heavy atom. The zero-order valence-electron chi connectivity index (χ0n) is 12.8. The van der Waals surface area contributed by atoms with Gasteiger partial charge in [0.05, 0.1) is 0 Å². The summed E-state index contributed by atoms with van der Waals surface area (Å²) in [7, 11) is 0. The summed E-state index contributed by atoms with van der Waals surface area (Å²) in [6.07, 6.45) is 4.26. The zero-order chi connectivity index (χ0) is 14.7. The average molecular weight is 285 g/mol. The van der Waals surface area contributed by atoms with Gasteiger partial charge in [-0.3, -0.25) is 0 Å². The molecule has 1 atom stereocenters. The van der Waals surface area contributed by atoms with Crippen LogP contribution in [0.5, 0.6) is 0 Å². The Morgan fingerprint density at radius 1 is 1.33 bits per heavy atom. The van der Waals surface area contributed by atoms with E-state index in [9.17, 15) is 0 Å². The second-order valence-corrected chi connectivity index (χ2v) is 6.05. The fraction of sp³-hybridized carbons (Fsp3) is 0.529. The summed E-state index contributed by atoms with van der Waals surface area (Å²) < 4.78 is 5.41. The third-order valence-electron chi connectivity index (χ3n) is 4.06. The lowest BCUT2D eigenvalue weighted by molar-refractivity contribution is 0.366.